The van der Waals surface area contributed by atoms with Gasteiger partial charge in [0.2, 0.25) is 0 Å². The Morgan fingerprint density at radius 2 is 2.23 bits per heavy atom. The molecule has 0 aromatic rings. The average molecular weight is 182 g/mol. The van der Waals surface area contributed by atoms with Gasteiger partial charge in [0.15, 0.2) is 0 Å². The summed E-state index contributed by atoms with van der Waals surface area (Å²) >= 11 is 0. The van der Waals surface area contributed by atoms with Crippen molar-refractivity contribution in [1.82, 2.24) is 4.90 Å². The summed E-state index contributed by atoms with van der Waals surface area (Å²) in [5.41, 5.74) is 7.52. The van der Waals surface area contributed by atoms with Crippen LogP contribution in [-0.2, 0) is 0 Å². The highest BCUT2D eigenvalue weighted by atomic mass is 15.1. The van der Waals surface area contributed by atoms with Crippen molar-refractivity contribution in [3.63, 3.8) is 0 Å². The van der Waals surface area contributed by atoms with Gasteiger partial charge in [0.05, 0.1) is 0 Å². The Morgan fingerprint density at radius 3 is 2.77 bits per heavy atom. The molecule has 2 heteroatoms. The summed E-state index contributed by atoms with van der Waals surface area (Å²) in [4.78, 5) is 2.46. The van der Waals surface area contributed by atoms with Crippen LogP contribution < -0.4 is 5.73 Å². The maximum absolute atomic E-state index is 6.03. The lowest BCUT2D eigenvalue weighted by Crippen LogP contribution is -2.42. The van der Waals surface area contributed by atoms with E-state index in [0.717, 1.165) is 13.1 Å². The van der Waals surface area contributed by atoms with Crippen molar-refractivity contribution in [3.05, 3.63) is 11.6 Å². The molecule has 1 rings (SSSR count). The molecule has 76 valence electrons. The molecule has 0 radical (unpaired) electrons. The van der Waals surface area contributed by atoms with Crippen molar-refractivity contribution in [2.75, 3.05) is 19.6 Å². The van der Waals surface area contributed by atoms with Gasteiger partial charge in [-0.2, -0.15) is 0 Å². The largest absolute Gasteiger partial charge is 0.326 e. The van der Waals surface area contributed by atoms with Gasteiger partial charge in [-0.15, -0.1) is 0 Å². The van der Waals surface area contributed by atoms with E-state index in [0.29, 0.717) is 12.0 Å². The normalized spacial score (nSPS) is 21.8. The fourth-order valence-electron chi connectivity index (χ4n) is 1.65. The first-order chi connectivity index (χ1) is 6.09. The Morgan fingerprint density at radius 1 is 1.54 bits per heavy atom. The first-order valence-corrected chi connectivity index (χ1v) is 5.23. The SMILES string of the molecule is CC1=CCCN(C[C@@H](N)C(C)C)C1. The third-order valence-corrected chi connectivity index (χ3v) is 2.74. The maximum Gasteiger partial charge on any atom is 0.0191 e. The summed E-state index contributed by atoms with van der Waals surface area (Å²) in [5, 5.41) is 0. The number of rotatable bonds is 3. The molecule has 1 aliphatic rings. The van der Waals surface area contributed by atoms with Gasteiger partial charge in [0.25, 0.3) is 0 Å². The second kappa shape index (κ2) is 4.77. The van der Waals surface area contributed by atoms with E-state index in [-0.39, 0.29) is 0 Å². The average Bonchev–Trinajstić information content (AvgIpc) is 2.04. The predicted molar refractivity (Wildman–Crippen MR) is 57.6 cm³/mol. The minimum absolute atomic E-state index is 0.325. The van der Waals surface area contributed by atoms with Crippen LogP contribution in [0.3, 0.4) is 0 Å². The topological polar surface area (TPSA) is 29.3 Å². The summed E-state index contributed by atoms with van der Waals surface area (Å²) in [5.74, 6) is 0.589. The van der Waals surface area contributed by atoms with Crippen molar-refractivity contribution in [1.29, 1.82) is 0 Å². The van der Waals surface area contributed by atoms with Crippen LogP contribution in [0, 0.1) is 5.92 Å². The van der Waals surface area contributed by atoms with E-state index in [4.69, 9.17) is 5.73 Å². The molecule has 0 aromatic carbocycles. The number of hydrogen-bond acceptors (Lipinski definition) is 2. The van der Waals surface area contributed by atoms with E-state index in [2.05, 4.69) is 31.7 Å². The number of hydrogen-bond donors (Lipinski definition) is 1. The molecule has 0 bridgehead atoms. The van der Waals surface area contributed by atoms with Crippen LogP contribution in [-0.4, -0.2) is 30.6 Å². The molecular formula is C11H22N2. The lowest BCUT2D eigenvalue weighted by molar-refractivity contribution is 0.250. The quantitative estimate of drug-likeness (QED) is 0.672. The standard InChI is InChI=1S/C11H22N2/c1-9(2)11(12)8-13-6-4-5-10(3)7-13/h5,9,11H,4,6-8,12H2,1-3H3/t11-/m1/s1. The molecular weight excluding hydrogens is 160 g/mol. The summed E-state index contributed by atoms with van der Waals surface area (Å²) in [6.45, 7) is 9.92. The molecule has 1 heterocycles. The highest BCUT2D eigenvalue weighted by Crippen LogP contribution is 2.10. The smallest absolute Gasteiger partial charge is 0.0191 e. The Bertz CT molecular complexity index is 185. The van der Waals surface area contributed by atoms with Crippen molar-refractivity contribution in [2.24, 2.45) is 11.7 Å². The number of nitrogens with zero attached hydrogens (tertiary/aromatic N) is 1. The molecule has 1 atom stereocenters. The molecule has 0 unspecified atom stereocenters. The second-order valence-electron chi connectivity index (χ2n) is 4.48. The van der Waals surface area contributed by atoms with Crippen molar-refractivity contribution >= 4 is 0 Å². The molecule has 0 aliphatic carbocycles. The molecule has 0 amide bonds. The van der Waals surface area contributed by atoms with E-state index in [1.807, 2.05) is 0 Å². The first kappa shape index (κ1) is 10.7. The summed E-state index contributed by atoms with van der Waals surface area (Å²) in [7, 11) is 0. The van der Waals surface area contributed by atoms with Gasteiger partial charge < -0.3 is 5.73 Å². The lowest BCUT2D eigenvalue weighted by atomic mass is 10.0. The molecule has 1 aliphatic heterocycles. The van der Waals surface area contributed by atoms with E-state index >= 15 is 0 Å². The zero-order valence-electron chi connectivity index (χ0n) is 9.09. The second-order valence-corrected chi connectivity index (χ2v) is 4.48. The predicted octanol–water partition coefficient (Wildman–Crippen LogP) is 1.62. The fourth-order valence-corrected chi connectivity index (χ4v) is 1.65. The van der Waals surface area contributed by atoms with Crippen LogP contribution in [0.25, 0.3) is 0 Å². The van der Waals surface area contributed by atoms with Crippen molar-refractivity contribution < 1.29 is 0 Å². The van der Waals surface area contributed by atoms with Gasteiger partial charge in [-0.1, -0.05) is 25.5 Å². The van der Waals surface area contributed by atoms with Crippen LogP contribution in [0.5, 0.6) is 0 Å². The summed E-state index contributed by atoms with van der Waals surface area (Å²) < 4.78 is 0. The Hall–Kier alpha value is -0.340. The van der Waals surface area contributed by atoms with Crippen molar-refractivity contribution in [2.45, 2.75) is 33.2 Å². The van der Waals surface area contributed by atoms with Crippen LogP contribution in [0.1, 0.15) is 27.2 Å². The van der Waals surface area contributed by atoms with Gasteiger partial charge in [-0.25, -0.2) is 0 Å². The van der Waals surface area contributed by atoms with Gasteiger partial charge in [-0.3, -0.25) is 4.90 Å². The van der Waals surface area contributed by atoms with E-state index < -0.39 is 0 Å². The van der Waals surface area contributed by atoms with E-state index in [9.17, 15) is 0 Å². The highest BCUT2D eigenvalue weighted by Gasteiger charge is 2.15. The van der Waals surface area contributed by atoms with Gasteiger partial charge >= 0.3 is 0 Å². The Labute approximate surface area is 81.8 Å². The molecule has 0 saturated carbocycles. The van der Waals surface area contributed by atoms with Crippen molar-refractivity contribution in [3.8, 4) is 0 Å². The van der Waals surface area contributed by atoms with Gasteiger partial charge in [-0.05, 0) is 19.3 Å². The van der Waals surface area contributed by atoms with Crippen LogP contribution in [0.4, 0.5) is 0 Å². The lowest BCUT2D eigenvalue weighted by Gasteiger charge is -2.29. The van der Waals surface area contributed by atoms with Crippen LogP contribution in [0.15, 0.2) is 11.6 Å². The monoisotopic (exact) mass is 182 g/mol. The maximum atomic E-state index is 6.03. The van der Waals surface area contributed by atoms with E-state index in [1.165, 1.54) is 18.5 Å². The first-order valence-electron chi connectivity index (χ1n) is 5.23. The Kier molecular flexibility index (Phi) is 3.94. The van der Waals surface area contributed by atoms with Gasteiger partial charge in [0, 0.05) is 25.7 Å². The molecule has 13 heavy (non-hydrogen) atoms. The minimum atomic E-state index is 0.325. The van der Waals surface area contributed by atoms with Crippen LogP contribution in [0.2, 0.25) is 0 Å². The van der Waals surface area contributed by atoms with Gasteiger partial charge in [0.1, 0.15) is 0 Å². The third kappa shape index (κ3) is 3.49. The highest BCUT2D eigenvalue weighted by molar-refractivity contribution is 5.04. The molecule has 0 fully saturated rings. The van der Waals surface area contributed by atoms with E-state index in [1.54, 1.807) is 0 Å². The summed E-state index contributed by atoms with van der Waals surface area (Å²) in [6, 6.07) is 0.325. The van der Waals surface area contributed by atoms with Crippen LogP contribution >= 0.6 is 0 Å². The zero-order chi connectivity index (χ0) is 9.84. The Balaban J connectivity index is 2.34. The minimum Gasteiger partial charge on any atom is -0.326 e. The zero-order valence-corrected chi connectivity index (χ0v) is 9.09. The molecule has 0 aromatic heterocycles. The molecule has 2 N–H and O–H groups in total. The molecule has 2 nitrogen and oxygen atoms in total. The molecule has 0 spiro atoms. The molecule has 0 saturated heterocycles. The number of nitrogens with two attached hydrogens (primary N) is 1. The summed E-state index contributed by atoms with van der Waals surface area (Å²) in [6.07, 6.45) is 3.52. The third-order valence-electron chi connectivity index (χ3n) is 2.74. The fraction of sp³-hybridized carbons (Fsp3) is 0.818.